The van der Waals surface area contributed by atoms with E-state index in [4.69, 9.17) is 0 Å². The Morgan fingerprint density at radius 3 is 2.55 bits per heavy atom. The number of fused-ring (bicyclic) bond motifs is 2. The quantitative estimate of drug-likeness (QED) is 0.423. The summed E-state index contributed by atoms with van der Waals surface area (Å²) in [5, 5.41) is 27.0. The first-order valence-corrected chi connectivity index (χ1v) is 6.52. The number of hydrogen-bond acceptors (Lipinski definition) is 4. The third kappa shape index (κ3) is 2.25. The summed E-state index contributed by atoms with van der Waals surface area (Å²) in [6.45, 7) is 1.63. The lowest BCUT2D eigenvalue weighted by Crippen LogP contribution is -2.52. The Morgan fingerprint density at radius 1 is 1.20 bits per heavy atom. The van der Waals surface area contributed by atoms with Gasteiger partial charge in [-0.25, -0.2) is 0 Å². The molecule has 2 aliphatic heterocycles. The van der Waals surface area contributed by atoms with Gasteiger partial charge in [0.1, 0.15) is 13.1 Å². The predicted molar refractivity (Wildman–Crippen MR) is 73.2 cm³/mol. The fraction of sp³-hybridized carbons (Fsp3) is 0.462. The molecule has 2 heterocycles. The lowest BCUT2D eigenvalue weighted by Gasteiger charge is -2.40. The molecule has 1 aromatic rings. The van der Waals surface area contributed by atoms with Gasteiger partial charge in [-0.1, -0.05) is 5.10 Å². The van der Waals surface area contributed by atoms with Crippen LogP contribution in [0.1, 0.15) is 24.8 Å². The first-order chi connectivity index (χ1) is 9.11. The van der Waals surface area contributed by atoms with E-state index in [1.807, 2.05) is 0 Å². The van der Waals surface area contributed by atoms with Crippen molar-refractivity contribution in [3.63, 3.8) is 0 Å². The number of benzene rings is 1. The minimum Gasteiger partial charge on any atom is -0.858 e. The van der Waals surface area contributed by atoms with Gasteiger partial charge in [0.2, 0.25) is 0 Å². The SMILES string of the molecule is O.O=[N+]([O-])c1ccc2c(c1)CC([O-])=N[N+]21CCCCC1. The third-order valence-corrected chi connectivity index (χ3v) is 3.92. The number of rotatable bonds is 1. The van der Waals surface area contributed by atoms with E-state index in [-0.39, 0.29) is 23.5 Å². The van der Waals surface area contributed by atoms with Crippen LogP contribution in [0.25, 0.3) is 0 Å². The summed E-state index contributed by atoms with van der Waals surface area (Å²) in [6.07, 6.45) is 3.41. The smallest absolute Gasteiger partial charge is 0.270 e. The number of hydrogen-bond donors (Lipinski definition) is 0. The average Bonchev–Trinajstić information content (AvgIpc) is 2.38. The summed E-state index contributed by atoms with van der Waals surface area (Å²) >= 11 is 0. The second-order valence-electron chi connectivity index (χ2n) is 5.17. The highest BCUT2D eigenvalue weighted by Gasteiger charge is 2.38. The van der Waals surface area contributed by atoms with Crippen LogP contribution >= 0.6 is 0 Å². The Morgan fingerprint density at radius 2 is 1.90 bits per heavy atom. The fourth-order valence-electron chi connectivity index (χ4n) is 3.08. The van der Waals surface area contributed by atoms with Crippen molar-refractivity contribution in [2.24, 2.45) is 5.10 Å². The van der Waals surface area contributed by atoms with Crippen LogP contribution in [-0.4, -0.2) is 29.4 Å². The number of nitrogens with zero attached hydrogens (tertiary/aromatic N) is 3. The van der Waals surface area contributed by atoms with Gasteiger partial charge in [-0.3, -0.25) is 10.1 Å². The number of nitro groups is 1. The van der Waals surface area contributed by atoms with Gasteiger partial charge in [-0.15, -0.1) is 0 Å². The maximum atomic E-state index is 11.8. The van der Waals surface area contributed by atoms with Gasteiger partial charge in [-0.05, 0) is 19.3 Å². The zero-order valence-corrected chi connectivity index (χ0v) is 11.0. The summed E-state index contributed by atoms with van der Waals surface area (Å²) in [5.74, 6) is -0.171. The van der Waals surface area contributed by atoms with Crippen molar-refractivity contribution in [1.29, 1.82) is 0 Å². The Kier molecular flexibility index (Phi) is 3.74. The summed E-state index contributed by atoms with van der Waals surface area (Å²) in [7, 11) is 0. The van der Waals surface area contributed by atoms with Crippen LogP contribution in [0.3, 0.4) is 0 Å². The molecule has 0 bridgehead atoms. The van der Waals surface area contributed by atoms with E-state index in [1.54, 1.807) is 6.07 Å². The largest absolute Gasteiger partial charge is 0.858 e. The molecule has 0 amide bonds. The van der Waals surface area contributed by atoms with Gasteiger partial charge in [0.05, 0.1) is 4.92 Å². The van der Waals surface area contributed by atoms with Crippen molar-refractivity contribution < 1.29 is 15.5 Å². The van der Waals surface area contributed by atoms with Crippen molar-refractivity contribution in [3.05, 3.63) is 33.9 Å². The minimum absolute atomic E-state index is 0. The topological polar surface area (TPSA) is 110 Å². The summed E-state index contributed by atoms with van der Waals surface area (Å²) in [5.41, 5.74) is 1.77. The first-order valence-electron chi connectivity index (χ1n) is 6.52. The van der Waals surface area contributed by atoms with E-state index < -0.39 is 4.92 Å². The van der Waals surface area contributed by atoms with Gasteiger partial charge in [-0.2, -0.15) is 4.59 Å². The molecule has 7 heteroatoms. The number of piperidine rings is 1. The van der Waals surface area contributed by atoms with Gasteiger partial charge < -0.3 is 10.6 Å². The van der Waals surface area contributed by atoms with Crippen molar-refractivity contribution in [1.82, 2.24) is 4.59 Å². The van der Waals surface area contributed by atoms with Crippen molar-refractivity contribution in [2.75, 3.05) is 13.1 Å². The normalized spacial score (nSPS) is 19.7. The Balaban J connectivity index is 0.00000147. The van der Waals surface area contributed by atoms with Crippen molar-refractivity contribution in [3.8, 4) is 0 Å². The van der Waals surface area contributed by atoms with E-state index in [0.717, 1.165) is 43.6 Å². The average molecular weight is 279 g/mol. The first kappa shape index (κ1) is 14.4. The molecule has 0 radical (unpaired) electrons. The van der Waals surface area contributed by atoms with Crippen LogP contribution in [-0.2, 0) is 6.42 Å². The molecule has 1 fully saturated rings. The Bertz CT molecular complexity index is 565. The van der Waals surface area contributed by atoms with E-state index in [0.29, 0.717) is 4.59 Å². The fourth-order valence-corrected chi connectivity index (χ4v) is 3.08. The molecule has 0 unspecified atom stereocenters. The minimum atomic E-state index is -0.420. The molecule has 1 spiro atoms. The van der Waals surface area contributed by atoms with Gasteiger partial charge >= 0.3 is 0 Å². The molecule has 3 rings (SSSR count). The Labute approximate surface area is 116 Å². The van der Waals surface area contributed by atoms with Crippen LogP contribution < -0.4 is 9.70 Å². The maximum absolute atomic E-state index is 11.8. The number of nitro benzene ring substituents is 1. The van der Waals surface area contributed by atoms with Gasteiger partial charge in [0.15, 0.2) is 5.69 Å². The Hall–Kier alpha value is -1.99. The lowest BCUT2D eigenvalue weighted by molar-refractivity contribution is -0.384. The van der Waals surface area contributed by atoms with Crippen LogP contribution in [0.15, 0.2) is 23.3 Å². The standard InChI is InChI=1S/C13H15N3O3.H2O/c17-13-9-10-8-11(15(18)19)4-5-12(10)16(14-13)6-2-1-3-7-16;/h4-5,8H,1-3,6-7,9H2;1H2. The van der Waals surface area contributed by atoms with E-state index in [2.05, 4.69) is 5.10 Å². The molecule has 2 N–H and O–H groups in total. The maximum Gasteiger partial charge on any atom is 0.270 e. The summed E-state index contributed by atoms with van der Waals surface area (Å²) in [6, 6.07) is 4.81. The lowest BCUT2D eigenvalue weighted by atomic mass is 10.0. The molecule has 0 aromatic heterocycles. The van der Waals surface area contributed by atoms with E-state index in [1.165, 1.54) is 12.1 Å². The van der Waals surface area contributed by atoms with Crippen LogP contribution in [0, 0.1) is 10.1 Å². The second-order valence-corrected chi connectivity index (χ2v) is 5.17. The van der Waals surface area contributed by atoms with Gasteiger partial charge in [0.25, 0.3) is 5.69 Å². The summed E-state index contributed by atoms with van der Waals surface area (Å²) in [4.78, 5) is 10.4. The molecular formula is C13H17N3O4. The molecule has 108 valence electrons. The van der Waals surface area contributed by atoms with E-state index in [9.17, 15) is 15.2 Å². The predicted octanol–water partition coefficient (Wildman–Crippen LogP) is 0.491. The highest BCUT2D eigenvalue weighted by Crippen LogP contribution is 2.37. The molecule has 0 atom stereocenters. The van der Waals surface area contributed by atoms with Crippen LogP contribution in [0.2, 0.25) is 0 Å². The zero-order chi connectivity index (χ0) is 13.5. The van der Waals surface area contributed by atoms with Crippen LogP contribution in [0.4, 0.5) is 11.4 Å². The molecular weight excluding hydrogens is 262 g/mol. The molecule has 1 saturated heterocycles. The van der Waals surface area contributed by atoms with Gasteiger partial charge in [0, 0.05) is 36.1 Å². The highest BCUT2D eigenvalue weighted by molar-refractivity contribution is 5.80. The molecule has 2 aliphatic rings. The van der Waals surface area contributed by atoms with Crippen LogP contribution in [0.5, 0.6) is 0 Å². The van der Waals surface area contributed by atoms with Crippen molar-refractivity contribution in [2.45, 2.75) is 25.7 Å². The molecule has 7 nitrogen and oxygen atoms in total. The molecule has 0 aliphatic carbocycles. The number of quaternary nitrogens is 1. The van der Waals surface area contributed by atoms with E-state index >= 15 is 0 Å². The molecule has 20 heavy (non-hydrogen) atoms. The summed E-state index contributed by atoms with van der Waals surface area (Å²) < 4.78 is 0.339. The van der Waals surface area contributed by atoms with Crippen molar-refractivity contribution >= 4 is 17.3 Å². The monoisotopic (exact) mass is 279 g/mol. The molecule has 0 saturated carbocycles. The zero-order valence-electron chi connectivity index (χ0n) is 11.0. The molecule has 1 aromatic carbocycles. The number of non-ortho nitro benzene ring substituents is 1. The highest BCUT2D eigenvalue weighted by atomic mass is 16.6. The third-order valence-electron chi connectivity index (χ3n) is 3.92. The second kappa shape index (κ2) is 5.18.